The predicted molar refractivity (Wildman–Crippen MR) is 106 cm³/mol. The van der Waals surface area contributed by atoms with Crippen molar-refractivity contribution in [3.63, 3.8) is 0 Å². The van der Waals surface area contributed by atoms with Crippen molar-refractivity contribution in [2.45, 2.75) is 33.1 Å². The van der Waals surface area contributed by atoms with Crippen LogP contribution in [0.25, 0.3) is 0 Å². The lowest BCUT2D eigenvalue weighted by atomic mass is 9.99. The number of benzene rings is 1. The van der Waals surface area contributed by atoms with Crippen molar-refractivity contribution in [2.75, 3.05) is 43.8 Å². The van der Waals surface area contributed by atoms with Crippen LogP contribution in [0.2, 0.25) is 0 Å². The Morgan fingerprint density at radius 2 is 1.96 bits per heavy atom. The molecule has 1 aromatic carbocycles. The van der Waals surface area contributed by atoms with E-state index in [4.69, 9.17) is 0 Å². The summed E-state index contributed by atoms with van der Waals surface area (Å²) in [5.74, 6) is 0.716. The van der Waals surface area contributed by atoms with Gasteiger partial charge in [-0.2, -0.15) is 0 Å². The third-order valence-corrected chi connectivity index (χ3v) is 6.30. The minimum atomic E-state index is -3.32. The molecule has 1 N–H and O–H groups in total. The molecule has 1 saturated heterocycles. The highest BCUT2D eigenvalue weighted by Gasteiger charge is 2.17. The van der Waals surface area contributed by atoms with Gasteiger partial charge in [0.2, 0.25) is 10.0 Å². The van der Waals surface area contributed by atoms with Crippen molar-refractivity contribution in [3.8, 4) is 0 Å². The zero-order chi connectivity index (χ0) is 19.3. The fourth-order valence-corrected chi connectivity index (χ4v) is 3.78. The van der Waals surface area contributed by atoms with E-state index < -0.39 is 10.0 Å². The summed E-state index contributed by atoms with van der Waals surface area (Å²) in [4.78, 5) is 14.8. The lowest BCUT2D eigenvalue weighted by Gasteiger charge is -2.30. The van der Waals surface area contributed by atoms with Crippen LogP contribution in [0.3, 0.4) is 0 Å². The number of aryl methyl sites for hydroxylation is 1. The van der Waals surface area contributed by atoms with E-state index >= 15 is 0 Å². The number of piperidine rings is 1. The van der Waals surface area contributed by atoms with Gasteiger partial charge in [0.25, 0.3) is 5.91 Å². The van der Waals surface area contributed by atoms with Crippen LogP contribution < -0.4 is 9.62 Å². The first-order chi connectivity index (χ1) is 12.2. The Morgan fingerprint density at radius 1 is 1.31 bits per heavy atom. The smallest absolute Gasteiger partial charge is 0.251 e. The lowest BCUT2D eigenvalue weighted by molar-refractivity contribution is 0.0950. The summed E-state index contributed by atoms with van der Waals surface area (Å²) in [6.07, 6.45) is 4.63. The molecule has 0 aliphatic carbocycles. The maximum atomic E-state index is 12.3. The number of anilines is 1. The maximum Gasteiger partial charge on any atom is 0.251 e. The molecule has 0 unspecified atom stereocenters. The van der Waals surface area contributed by atoms with E-state index in [0.29, 0.717) is 17.8 Å². The van der Waals surface area contributed by atoms with Gasteiger partial charge >= 0.3 is 0 Å². The number of nitrogens with zero attached hydrogens (tertiary/aromatic N) is 2. The number of likely N-dealkylation sites (tertiary alicyclic amines) is 1. The maximum absolute atomic E-state index is 12.3. The van der Waals surface area contributed by atoms with Crippen molar-refractivity contribution in [1.82, 2.24) is 10.2 Å². The van der Waals surface area contributed by atoms with Crippen LogP contribution >= 0.6 is 0 Å². The molecule has 6 nitrogen and oxygen atoms in total. The Bertz CT molecular complexity index is 726. The summed E-state index contributed by atoms with van der Waals surface area (Å²) in [5.41, 5.74) is 1.90. The summed E-state index contributed by atoms with van der Waals surface area (Å²) >= 11 is 0. The normalized spacial score (nSPS) is 16.5. The molecule has 7 heteroatoms. The van der Waals surface area contributed by atoms with Gasteiger partial charge in [-0.25, -0.2) is 8.42 Å². The van der Waals surface area contributed by atoms with Crippen LogP contribution in [0.1, 0.15) is 42.1 Å². The number of amides is 1. The third kappa shape index (κ3) is 5.71. The first-order valence-corrected chi connectivity index (χ1v) is 11.1. The van der Waals surface area contributed by atoms with Gasteiger partial charge in [0.05, 0.1) is 11.9 Å². The SMILES string of the molecule is Cc1cc(C(=O)NCCCN2CCC(C)CC2)ccc1N(C)S(C)(=O)=O. The van der Waals surface area contributed by atoms with Gasteiger partial charge in [0.1, 0.15) is 0 Å². The third-order valence-electron chi connectivity index (χ3n) is 5.11. The Morgan fingerprint density at radius 3 is 2.54 bits per heavy atom. The molecular weight excluding hydrogens is 350 g/mol. The highest BCUT2D eigenvalue weighted by molar-refractivity contribution is 7.92. The van der Waals surface area contributed by atoms with Crippen LogP contribution in [0.15, 0.2) is 18.2 Å². The van der Waals surface area contributed by atoms with Crippen LogP contribution in [-0.4, -0.2) is 58.7 Å². The minimum Gasteiger partial charge on any atom is -0.352 e. The van der Waals surface area contributed by atoms with E-state index in [1.54, 1.807) is 18.2 Å². The largest absolute Gasteiger partial charge is 0.352 e. The summed E-state index contributed by atoms with van der Waals surface area (Å²) < 4.78 is 24.6. The van der Waals surface area contributed by atoms with Crippen molar-refractivity contribution < 1.29 is 13.2 Å². The zero-order valence-electron chi connectivity index (χ0n) is 16.3. The highest BCUT2D eigenvalue weighted by atomic mass is 32.2. The molecule has 1 aromatic rings. The van der Waals surface area contributed by atoms with Crippen LogP contribution in [0.5, 0.6) is 0 Å². The van der Waals surface area contributed by atoms with Crippen LogP contribution in [0, 0.1) is 12.8 Å². The molecule has 0 bridgehead atoms. The fraction of sp³-hybridized carbons (Fsp3) is 0.632. The summed E-state index contributed by atoms with van der Waals surface area (Å²) in [6, 6.07) is 5.09. The molecule has 2 rings (SSSR count). The van der Waals surface area contributed by atoms with Crippen LogP contribution in [-0.2, 0) is 10.0 Å². The Hall–Kier alpha value is -1.60. The molecule has 26 heavy (non-hydrogen) atoms. The molecule has 0 radical (unpaired) electrons. The topological polar surface area (TPSA) is 69.7 Å². The molecule has 1 aliphatic heterocycles. The van der Waals surface area contributed by atoms with Gasteiger partial charge < -0.3 is 10.2 Å². The second-order valence-corrected chi connectivity index (χ2v) is 9.38. The minimum absolute atomic E-state index is 0.117. The monoisotopic (exact) mass is 381 g/mol. The van der Waals surface area contributed by atoms with Gasteiger partial charge in [-0.15, -0.1) is 0 Å². The first kappa shape index (κ1) is 20.7. The molecule has 0 atom stereocenters. The van der Waals surface area contributed by atoms with Crippen molar-refractivity contribution in [1.29, 1.82) is 0 Å². The number of hydrogen-bond acceptors (Lipinski definition) is 4. The molecule has 1 aliphatic rings. The van der Waals surface area contributed by atoms with E-state index in [-0.39, 0.29) is 5.91 Å². The number of carbonyl (C=O) groups excluding carboxylic acids is 1. The molecule has 0 saturated carbocycles. The quantitative estimate of drug-likeness (QED) is 0.736. The number of carbonyl (C=O) groups is 1. The molecule has 1 amide bonds. The van der Waals surface area contributed by atoms with Gasteiger partial charge in [0, 0.05) is 19.2 Å². The van der Waals surface area contributed by atoms with Crippen molar-refractivity contribution in [2.24, 2.45) is 5.92 Å². The molecule has 0 spiro atoms. The van der Waals surface area contributed by atoms with Gasteiger partial charge in [-0.05, 0) is 75.5 Å². The lowest BCUT2D eigenvalue weighted by Crippen LogP contribution is -2.35. The molecular formula is C19H31N3O3S. The van der Waals surface area contributed by atoms with E-state index in [0.717, 1.165) is 43.8 Å². The molecule has 0 aromatic heterocycles. The van der Waals surface area contributed by atoms with Gasteiger partial charge in [0.15, 0.2) is 0 Å². The van der Waals surface area contributed by atoms with Crippen molar-refractivity contribution >= 4 is 21.6 Å². The average Bonchev–Trinajstić information content (AvgIpc) is 2.58. The zero-order valence-corrected chi connectivity index (χ0v) is 17.1. The molecule has 1 heterocycles. The number of hydrogen-bond donors (Lipinski definition) is 1. The van der Waals surface area contributed by atoms with E-state index in [1.165, 1.54) is 24.2 Å². The summed E-state index contributed by atoms with van der Waals surface area (Å²) in [7, 11) is -1.80. The molecule has 146 valence electrons. The van der Waals surface area contributed by atoms with E-state index in [1.807, 2.05) is 6.92 Å². The van der Waals surface area contributed by atoms with Crippen molar-refractivity contribution in [3.05, 3.63) is 29.3 Å². The molecule has 1 fully saturated rings. The number of nitrogens with one attached hydrogen (secondary N) is 1. The van der Waals surface area contributed by atoms with Gasteiger partial charge in [-0.1, -0.05) is 6.92 Å². The van der Waals surface area contributed by atoms with E-state index in [2.05, 4.69) is 17.1 Å². The van der Waals surface area contributed by atoms with E-state index in [9.17, 15) is 13.2 Å². The Balaban J connectivity index is 1.83. The standard InChI is InChI=1S/C19H31N3O3S/c1-15-8-12-22(13-9-15)11-5-10-20-19(23)17-6-7-18(16(2)14-17)21(3)26(4,24)25/h6-7,14-15H,5,8-13H2,1-4H3,(H,20,23). The Kier molecular flexibility index (Phi) is 7.06. The predicted octanol–water partition coefficient (Wildman–Crippen LogP) is 2.24. The number of rotatable bonds is 7. The highest BCUT2D eigenvalue weighted by Crippen LogP contribution is 2.22. The average molecular weight is 382 g/mol. The van der Waals surface area contributed by atoms with Gasteiger partial charge in [-0.3, -0.25) is 9.10 Å². The summed E-state index contributed by atoms with van der Waals surface area (Å²) in [5, 5.41) is 2.96. The number of sulfonamides is 1. The fourth-order valence-electron chi connectivity index (χ4n) is 3.22. The summed E-state index contributed by atoms with van der Waals surface area (Å²) in [6.45, 7) is 8.09. The second kappa shape index (κ2) is 8.86. The van der Waals surface area contributed by atoms with Crippen LogP contribution in [0.4, 0.5) is 5.69 Å². The second-order valence-electron chi connectivity index (χ2n) is 7.37. The first-order valence-electron chi connectivity index (χ1n) is 9.23. The Labute approximate surface area is 157 Å².